The van der Waals surface area contributed by atoms with E-state index < -0.39 is 37.8 Å². The van der Waals surface area contributed by atoms with Crippen LogP contribution in [0.15, 0.2) is 82.8 Å². The van der Waals surface area contributed by atoms with Gasteiger partial charge < -0.3 is 4.74 Å². The van der Waals surface area contributed by atoms with Gasteiger partial charge in [0.15, 0.2) is 5.84 Å². The molecule has 0 fully saturated rings. The number of amidine groups is 1. The maximum atomic E-state index is 14.0. The van der Waals surface area contributed by atoms with Gasteiger partial charge in [0.05, 0.1) is 22.9 Å². The molecule has 8 nitrogen and oxygen atoms in total. The molecule has 0 spiro atoms. The van der Waals surface area contributed by atoms with Crippen LogP contribution in [0, 0.1) is 19.8 Å². The predicted molar refractivity (Wildman–Crippen MR) is 148 cm³/mol. The van der Waals surface area contributed by atoms with Crippen molar-refractivity contribution in [2.24, 2.45) is 10.3 Å². The third-order valence-electron chi connectivity index (χ3n) is 6.04. The van der Waals surface area contributed by atoms with Crippen LogP contribution in [0.3, 0.4) is 0 Å². The van der Waals surface area contributed by atoms with Crippen LogP contribution in [0.1, 0.15) is 24.5 Å². The van der Waals surface area contributed by atoms with Crippen molar-refractivity contribution in [1.82, 2.24) is 4.31 Å². The van der Waals surface area contributed by atoms with E-state index in [1.807, 2.05) is 13.8 Å². The molecule has 1 unspecified atom stereocenters. The Balaban J connectivity index is 2.00. The highest BCUT2D eigenvalue weighted by molar-refractivity contribution is 9.12. The van der Waals surface area contributed by atoms with Crippen molar-refractivity contribution < 1.29 is 26.4 Å². The van der Waals surface area contributed by atoms with Crippen LogP contribution in [0.5, 0.6) is 0 Å². The molecule has 12 heteroatoms. The minimum atomic E-state index is -4.40. The van der Waals surface area contributed by atoms with Gasteiger partial charge in [-0.2, -0.15) is 8.42 Å². The lowest BCUT2D eigenvalue weighted by Gasteiger charge is -2.29. The summed E-state index contributed by atoms with van der Waals surface area (Å²) < 4.78 is 66.1. The molecule has 0 saturated heterocycles. The number of ether oxygens (including phenoxy) is 1. The molecule has 2 aromatic rings. The number of allylic oxidation sites excluding steroid dienone is 1. The number of nitrogens with zero attached hydrogens (tertiary/aromatic N) is 2. The van der Waals surface area contributed by atoms with Gasteiger partial charge in [0, 0.05) is 15.4 Å². The molecule has 0 amide bonds. The normalized spacial score (nSPS) is 19.4. The summed E-state index contributed by atoms with van der Waals surface area (Å²) in [5.41, 5.74) is 3.03. The van der Waals surface area contributed by atoms with Gasteiger partial charge in [-0.25, -0.2) is 12.7 Å². The Bertz CT molecular complexity index is 1560. The number of fused-ring (bicyclic) bond motifs is 1. The second-order valence-electron chi connectivity index (χ2n) is 8.63. The summed E-state index contributed by atoms with van der Waals surface area (Å²) >= 11 is 6.93. The minimum absolute atomic E-state index is 0.0139. The van der Waals surface area contributed by atoms with E-state index in [1.54, 1.807) is 31.2 Å². The smallest absolute Gasteiger partial charge is 0.321 e. The first-order valence-corrected chi connectivity index (χ1v) is 15.8. The van der Waals surface area contributed by atoms with Crippen molar-refractivity contribution in [1.29, 1.82) is 0 Å². The van der Waals surface area contributed by atoms with Crippen LogP contribution in [0.2, 0.25) is 0 Å². The third kappa shape index (κ3) is 5.34. The molecular formula is C25H24Br2N2O6S2. The van der Waals surface area contributed by atoms with E-state index in [9.17, 15) is 21.6 Å². The molecular weight excluding hydrogens is 648 g/mol. The molecule has 2 aliphatic rings. The Morgan fingerprint density at radius 3 is 2.00 bits per heavy atom. The van der Waals surface area contributed by atoms with Crippen LogP contribution in [0.25, 0.3) is 0 Å². The van der Waals surface area contributed by atoms with Gasteiger partial charge in [-0.15, -0.1) is 4.40 Å². The number of carbonyl (C=O) groups is 1. The number of benzene rings is 2. The summed E-state index contributed by atoms with van der Waals surface area (Å²) in [6, 6.07) is 12.2. The summed E-state index contributed by atoms with van der Waals surface area (Å²) in [5.74, 6) is -2.68. The Hall–Kier alpha value is -2.28. The summed E-state index contributed by atoms with van der Waals surface area (Å²) in [4.78, 5) is 13.1. The van der Waals surface area contributed by atoms with Crippen LogP contribution >= 0.6 is 31.9 Å². The largest absolute Gasteiger partial charge is 0.465 e. The first kappa shape index (κ1) is 27.7. The summed E-state index contributed by atoms with van der Waals surface area (Å²) in [6.45, 7) is 5.05. The van der Waals surface area contributed by atoms with E-state index in [0.717, 1.165) is 19.9 Å². The van der Waals surface area contributed by atoms with E-state index in [2.05, 4.69) is 36.3 Å². The fraction of sp³-hybridized carbons (Fsp3) is 0.280. The zero-order valence-corrected chi connectivity index (χ0v) is 25.0. The summed E-state index contributed by atoms with van der Waals surface area (Å²) in [6.07, 6.45) is 0.447. The highest BCUT2D eigenvalue weighted by Gasteiger charge is 2.46. The zero-order chi connectivity index (χ0) is 27.1. The number of carbonyl (C=O) groups excluding carboxylic acids is 1. The number of sulfonamides is 2. The van der Waals surface area contributed by atoms with Crippen LogP contribution in [0.4, 0.5) is 0 Å². The van der Waals surface area contributed by atoms with Gasteiger partial charge in [0.25, 0.3) is 20.0 Å². The van der Waals surface area contributed by atoms with E-state index in [0.29, 0.717) is 22.0 Å². The lowest BCUT2D eigenvalue weighted by atomic mass is 9.89. The molecule has 0 radical (unpaired) electrons. The standard InChI is InChI=1S/C25H24Br2N2O6S2/c1-4-35-25(30)22-23(27)19-13-21(26)20(19)14-29(37(33,34)18-11-7-16(3)8-12-18)24(22)28-36(31,32)17-9-5-15(2)6-10-17/h5-12,22H,4,13-14H2,1-3H3/b28-24+. The van der Waals surface area contributed by atoms with Crippen LogP contribution in [-0.4, -0.2) is 46.1 Å². The maximum Gasteiger partial charge on any atom is 0.321 e. The maximum absolute atomic E-state index is 14.0. The van der Waals surface area contributed by atoms with Gasteiger partial charge >= 0.3 is 5.97 Å². The molecule has 0 bridgehead atoms. The Morgan fingerprint density at radius 2 is 1.49 bits per heavy atom. The number of rotatable bonds is 6. The molecule has 1 aliphatic carbocycles. The number of esters is 1. The van der Waals surface area contributed by atoms with E-state index >= 15 is 0 Å². The van der Waals surface area contributed by atoms with Crippen molar-refractivity contribution in [3.63, 3.8) is 0 Å². The quantitative estimate of drug-likeness (QED) is 0.401. The van der Waals surface area contributed by atoms with Crippen molar-refractivity contribution in [2.75, 3.05) is 13.2 Å². The average molecular weight is 672 g/mol. The highest BCUT2D eigenvalue weighted by Crippen LogP contribution is 2.47. The summed E-state index contributed by atoms with van der Waals surface area (Å²) in [5, 5.41) is 0. The lowest BCUT2D eigenvalue weighted by molar-refractivity contribution is -0.144. The van der Waals surface area contributed by atoms with Crippen molar-refractivity contribution in [3.8, 4) is 0 Å². The van der Waals surface area contributed by atoms with Gasteiger partial charge in [-0.1, -0.05) is 67.3 Å². The lowest BCUT2D eigenvalue weighted by Crippen LogP contribution is -2.44. The molecule has 0 saturated carbocycles. The van der Waals surface area contributed by atoms with Crippen LogP contribution < -0.4 is 0 Å². The zero-order valence-electron chi connectivity index (χ0n) is 20.2. The number of hydrogen-bond donors (Lipinski definition) is 0. The molecule has 1 aliphatic heterocycles. The van der Waals surface area contributed by atoms with E-state index in [-0.39, 0.29) is 22.9 Å². The topological polar surface area (TPSA) is 110 Å². The van der Waals surface area contributed by atoms with Gasteiger partial charge in [-0.3, -0.25) is 4.79 Å². The Morgan fingerprint density at radius 1 is 0.946 bits per heavy atom. The molecule has 0 N–H and O–H groups in total. The Labute approximate surface area is 233 Å². The fourth-order valence-corrected chi connectivity index (χ4v) is 7.89. The monoisotopic (exact) mass is 670 g/mol. The molecule has 1 heterocycles. The number of aryl methyl sites for hydroxylation is 2. The van der Waals surface area contributed by atoms with Gasteiger partial charge in [0.1, 0.15) is 5.92 Å². The number of hydrogen-bond acceptors (Lipinski definition) is 6. The number of halogens is 2. The molecule has 0 aromatic heterocycles. The first-order chi connectivity index (χ1) is 17.4. The highest BCUT2D eigenvalue weighted by atomic mass is 79.9. The third-order valence-corrected chi connectivity index (χ3v) is 10.8. The molecule has 4 rings (SSSR count). The molecule has 2 aromatic carbocycles. The molecule has 37 heavy (non-hydrogen) atoms. The van der Waals surface area contributed by atoms with E-state index in [4.69, 9.17) is 4.74 Å². The van der Waals surface area contributed by atoms with Crippen molar-refractivity contribution in [2.45, 2.75) is 37.0 Å². The summed E-state index contributed by atoms with van der Waals surface area (Å²) in [7, 11) is -8.74. The second kappa shape index (κ2) is 10.5. The first-order valence-electron chi connectivity index (χ1n) is 11.3. The van der Waals surface area contributed by atoms with Crippen molar-refractivity contribution >= 4 is 63.7 Å². The minimum Gasteiger partial charge on any atom is -0.465 e. The SMILES string of the molecule is CCOC(=O)C1C(Br)=C2CC(Br)=C2CN(S(=O)(=O)c2ccc(C)cc2)/C1=N/S(=O)(=O)c1ccc(C)cc1. The molecule has 196 valence electrons. The molecule has 1 atom stereocenters. The van der Waals surface area contributed by atoms with Gasteiger partial charge in [-0.05, 0) is 56.2 Å². The van der Waals surface area contributed by atoms with E-state index in [1.165, 1.54) is 24.3 Å². The average Bonchev–Trinajstić information content (AvgIpc) is 2.91. The second-order valence-corrected chi connectivity index (χ2v) is 13.9. The van der Waals surface area contributed by atoms with Crippen molar-refractivity contribution in [3.05, 3.63) is 79.8 Å². The van der Waals surface area contributed by atoms with Gasteiger partial charge in [0.2, 0.25) is 0 Å². The Kier molecular flexibility index (Phi) is 7.85. The predicted octanol–water partition coefficient (Wildman–Crippen LogP) is 4.98. The fourth-order valence-electron chi connectivity index (χ4n) is 3.96. The van der Waals surface area contributed by atoms with Crippen LogP contribution in [-0.2, 0) is 29.6 Å².